The van der Waals surface area contributed by atoms with Gasteiger partial charge in [-0.1, -0.05) is 30.3 Å². The average Bonchev–Trinajstić information content (AvgIpc) is 2.80. The molecule has 0 radical (unpaired) electrons. The molecule has 0 atom stereocenters. The highest BCUT2D eigenvalue weighted by molar-refractivity contribution is 6.07. The van der Waals surface area contributed by atoms with Crippen LogP contribution in [0.1, 0.15) is 23.2 Å². The number of aromatic nitrogens is 2. The zero-order valence-electron chi connectivity index (χ0n) is 17.5. The van der Waals surface area contributed by atoms with Crippen LogP contribution >= 0.6 is 12.4 Å². The molecule has 1 amide bonds. The number of halogens is 1. The number of nitrogens with one attached hydrogen (secondary N) is 1. The van der Waals surface area contributed by atoms with Crippen LogP contribution in [0.15, 0.2) is 59.5 Å². The van der Waals surface area contributed by atoms with Gasteiger partial charge in [-0.05, 0) is 36.4 Å². The summed E-state index contributed by atoms with van der Waals surface area (Å²) in [6, 6.07) is 14.9. The lowest BCUT2D eigenvalue weighted by Gasteiger charge is -2.29. The van der Waals surface area contributed by atoms with Crippen molar-refractivity contribution in [3.8, 4) is 0 Å². The maximum Gasteiger partial charge on any atom is 0.265 e. The number of amides is 1. The van der Waals surface area contributed by atoms with Gasteiger partial charge in [0.15, 0.2) is 5.65 Å². The normalized spacial score (nSPS) is 15.2. The number of hydrogen-bond acceptors (Lipinski definition) is 5. The molecule has 7 nitrogen and oxygen atoms in total. The van der Waals surface area contributed by atoms with Crippen molar-refractivity contribution in [2.45, 2.75) is 18.9 Å². The second kappa shape index (κ2) is 9.24. The van der Waals surface area contributed by atoms with Crippen LogP contribution in [0, 0.1) is 0 Å². The number of likely N-dealkylation sites (tertiary alicyclic amines) is 1. The predicted molar refractivity (Wildman–Crippen MR) is 128 cm³/mol. The first-order valence-corrected chi connectivity index (χ1v) is 10.6. The van der Waals surface area contributed by atoms with Gasteiger partial charge < -0.3 is 15.3 Å². The lowest BCUT2D eigenvalue weighted by Crippen LogP contribution is -2.40. The fourth-order valence-electron chi connectivity index (χ4n) is 4.30. The van der Waals surface area contributed by atoms with Gasteiger partial charge in [0.05, 0.1) is 22.6 Å². The van der Waals surface area contributed by atoms with E-state index in [0.717, 1.165) is 43.2 Å². The third-order valence-corrected chi connectivity index (χ3v) is 6.05. The zero-order chi connectivity index (χ0) is 21.4. The van der Waals surface area contributed by atoms with Crippen LogP contribution in [-0.4, -0.2) is 57.6 Å². The first kappa shape index (κ1) is 22.2. The van der Waals surface area contributed by atoms with Gasteiger partial charge in [-0.25, -0.2) is 4.98 Å². The standard InChI is InChI=1S/C24H24N4O3.ClH/c29-17-9-13-27(14-10-17)15-11-25-23(30)20-6-3-12-28-22(20)26-21-18-5-2-1-4-16(18)7-8-19(21)24(28)31;/h1-8,12,17,29H,9-11,13-15H2,(H,25,30);1H. The van der Waals surface area contributed by atoms with E-state index in [9.17, 15) is 14.7 Å². The number of carbonyl (C=O) groups excluding carboxylic acids is 1. The fraction of sp³-hybridized carbons (Fsp3) is 0.292. The summed E-state index contributed by atoms with van der Waals surface area (Å²) in [5, 5.41) is 15.0. The molecule has 0 bridgehead atoms. The van der Waals surface area contributed by atoms with Gasteiger partial charge in [0, 0.05) is 37.8 Å². The Morgan fingerprint density at radius 3 is 2.66 bits per heavy atom. The third kappa shape index (κ3) is 4.07. The number of fused-ring (bicyclic) bond motifs is 4. The molecule has 5 rings (SSSR count). The first-order valence-electron chi connectivity index (χ1n) is 10.6. The number of hydrogen-bond donors (Lipinski definition) is 2. The number of nitrogens with zero attached hydrogens (tertiary/aromatic N) is 3. The third-order valence-electron chi connectivity index (χ3n) is 6.05. The molecule has 0 spiro atoms. The number of aliphatic hydroxyl groups is 1. The number of piperidine rings is 1. The highest BCUT2D eigenvalue weighted by Crippen LogP contribution is 2.23. The Bertz CT molecular complexity index is 1350. The minimum atomic E-state index is -0.248. The number of benzene rings is 2. The van der Waals surface area contributed by atoms with Crippen LogP contribution in [0.4, 0.5) is 0 Å². The minimum Gasteiger partial charge on any atom is -0.393 e. The molecule has 1 aliphatic rings. The van der Waals surface area contributed by atoms with Crippen molar-refractivity contribution in [2.24, 2.45) is 0 Å². The van der Waals surface area contributed by atoms with Crippen molar-refractivity contribution in [2.75, 3.05) is 26.2 Å². The smallest absolute Gasteiger partial charge is 0.265 e. The van der Waals surface area contributed by atoms with E-state index in [2.05, 4.69) is 10.2 Å². The van der Waals surface area contributed by atoms with Crippen LogP contribution in [0.2, 0.25) is 0 Å². The summed E-state index contributed by atoms with van der Waals surface area (Å²) in [7, 11) is 0. The monoisotopic (exact) mass is 452 g/mol. The van der Waals surface area contributed by atoms with Crippen molar-refractivity contribution in [1.29, 1.82) is 0 Å². The predicted octanol–water partition coefficient (Wildman–Crippen LogP) is 2.61. The molecule has 1 saturated heterocycles. The van der Waals surface area contributed by atoms with E-state index in [1.807, 2.05) is 30.3 Å². The number of rotatable bonds is 4. The molecule has 3 heterocycles. The van der Waals surface area contributed by atoms with Crippen LogP contribution in [0.5, 0.6) is 0 Å². The van der Waals surface area contributed by atoms with Gasteiger partial charge in [0.25, 0.3) is 11.5 Å². The lowest BCUT2D eigenvalue weighted by atomic mass is 10.1. The van der Waals surface area contributed by atoms with E-state index in [-0.39, 0.29) is 30.0 Å². The van der Waals surface area contributed by atoms with E-state index < -0.39 is 0 Å². The van der Waals surface area contributed by atoms with Crippen LogP contribution < -0.4 is 10.9 Å². The van der Waals surface area contributed by atoms with E-state index >= 15 is 0 Å². The maximum absolute atomic E-state index is 13.1. The summed E-state index contributed by atoms with van der Waals surface area (Å²) in [5.74, 6) is -0.248. The Morgan fingerprint density at radius 1 is 1.06 bits per heavy atom. The molecule has 4 aromatic rings. The van der Waals surface area contributed by atoms with Crippen LogP contribution in [-0.2, 0) is 0 Å². The Kier molecular flexibility index (Phi) is 6.41. The Labute approximate surface area is 191 Å². The average molecular weight is 453 g/mol. The maximum atomic E-state index is 13.1. The topological polar surface area (TPSA) is 86.9 Å². The first-order chi connectivity index (χ1) is 15.1. The number of aliphatic hydroxyl groups excluding tert-OH is 1. The molecule has 8 heteroatoms. The van der Waals surface area contributed by atoms with Gasteiger partial charge in [0.2, 0.25) is 0 Å². The Balaban J connectivity index is 0.00000245. The molecule has 0 unspecified atom stereocenters. The molecule has 2 aromatic heterocycles. The molecule has 0 aliphatic carbocycles. The highest BCUT2D eigenvalue weighted by Gasteiger charge is 2.18. The van der Waals surface area contributed by atoms with Gasteiger partial charge in [0.1, 0.15) is 0 Å². The Morgan fingerprint density at radius 2 is 1.84 bits per heavy atom. The molecule has 32 heavy (non-hydrogen) atoms. The lowest BCUT2D eigenvalue weighted by molar-refractivity contribution is 0.0804. The van der Waals surface area contributed by atoms with E-state index in [1.54, 1.807) is 24.4 Å². The summed E-state index contributed by atoms with van der Waals surface area (Å²) < 4.78 is 1.44. The molecule has 2 N–H and O–H groups in total. The summed E-state index contributed by atoms with van der Waals surface area (Å²) in [6.07, 6.45) is 2.97. The number of pyridine rings is 1. The highest BCUT2D eigenvalue weighted by atomic mass is 35.5. The van der Waals surface area contributed by atoms with E-state index in [4.69, 9.17) is 4.98 Å². The molecular weight excluding hydrogens is 428 g/mol. The second-order valence-corrected chi connectivity index (χ2v) is 8.04. The molecule has 0 saturated carbocycles. The minimum absolute atomic E-state index is 0. The summed E-state index contributed by atoms with van der Waals surface area (Å²) in [4.78, 5) is 33.0. The molecule has 1 fully saturated rings. The summed E-state index contributed by atoms with van der Waals surface area (Å²) in [6.45, 7) is 2.89. The van der Waals surface area contributed by atoms with Gasteiger partial charge >= 0.3 is 0 Å². The molecule has 166 valence electrons. The van der Waals surface area contributed by atoms with Gasteiger partial charge in [-0.15, -0.1) is 12.4 Å². The largest absolute Gasteiger partial charge is 0.393 e. The van der Waals surface area contributed by atoms with Crippen molar-refractivity contribution in [1.82, 2.24) is 19.6 Å². The molecular formula is C24H25ClN4O3. The molecule has 2 aromatic carbocycles. The van der Waals surface area contributed by atoms with Crippen molar-refractivity contribution >= 4 is 45.6 Å². The second-order valence-electron chi connectivity index (χ2n) is 8.04. The zero-order valence-corrected chi connectivity index (χ0v) is 18.3. The summed E-state index contributed by atoms with van der Waals surface area (Å²) in [5.41, 5.74) is 1.15. The van der Waals surface area contributed by atoms with Crippen molar-refractivity contribution < 1.29 is 9.90 Å². The van der Waals surface area contributed by atoms with Crippen molar-refractivity contribution in [3.63, 3.8) is 0 Å². The van der Waals surface area contributed by atoms with E-state index in [0.29, 0.717) is 28.7 Å². The quantitative estimate of drug-likeness (QED) is 0.367. The van der Waals surface area contributed by atoms with Crippen LogP contribution in [0.25, 0.3) is 27.3 Å². The van der Waals surface area contributed by atoms with Crippen LogP contribution in [0.3, 0.4) is 0 Å². The van der Waals surface area contributed by atoms with Gasteiger partial charge in [-0.2, -0.15) is 0 Å². The SMILES string of the molecule is Cl.O=C(NCCN1CCC(O)CC1)c1cccn2c(=O)c3ccc4ccccc4c3nc12. The number of carbonyl (C=O) groups is 1. The molecule has 1 aliphatic heterocycles. The summed E-state index contributed by atoms with van der Waals surface area (Å²) >= 11 is 0. The van der Waals surface area contributed by atoms with Gasteiger partial charge in [-0.3, -0.25) is 14.0 Å². The Hall–Kier alpha value is -3.00. The van der Waals surface area contributed by atoms with Crippen molar-refractivity contribution in [3.05, 3.63) is 70.6 Å². The fourth-order valence-corrected chi connectivity index (χ4v) is 4.30. The van der Waals surface area contributed by atoms with E-state index in [1.165, 1.54) is 4.40 Å².